The van der Waals surface area contributed by atoms with Crippen LogP contribution in [0.1, 0.15) is 76.6 Å². The third-order valence-electron chi connectivity index (χ3n) is 9.13. The topological polar surface area (TPSA) is 224 Å². The number of alkyl carbamates (subject to hydrolysis) is 2. The molecule has 0 saturated heterocycles. The Morgan fingerprint density at radius 2 is 1.13 bits per heavy atom. The van der Waals surface area contributed by atoms with Crippen molar-refractivity contribution >= 4 is 47.8 Å². The van der Waals surface area contributed by atoms with Gasteiger partial charge in [0.05, 0.1) is 10.8 Å². The molecule has 0 aromatic heterocycles. The first-order chi connectivity index (χ1) is 29.8. The van der Waals surface area contributed by atoms with Crippen LogP contribution in [0.25, 0.3) is 0 Å². The zero-order chi connectivity index (χ0) is 46.2. The van der Waals surface area contributed by atoms with Gasteiger partial charge in [-0.25, -0.2) is 19.2 Å². The van der Waals surface area contributed by atoms with Crippen molar-refractivity contribution in [3.63, 3.8) is 0 Å². The zero-order valence-corrected chi connectivity index (χ0v) is 37.2. The lowest BCUT2D eigenvalue weighted by atomic mass is 9.84. The van der Waals surface area contributed by atoms with Crippen molar-refractivity contribution in [1.82, 2.24) is 21.3 Å². The summed E-state index contributed by atoms with van der Waals surface area (Å²) in [6, 6.07) is 32.0. The van der Waals surface area contributed by atoms with Crippen molar-refractivity contribution in [3.8, 4) is 5.75 Å². The predicted octanol–water partition coefficient (Wildman–Crippen LogP) is 6.66. The number of carbonyl (C=O) groups is 6. The van der Waals surface area contributed by atoms with Crippen molar-refractivity contribution in [2.75, 3.05) is 12.3 Å². The molecule has 0 spiro atoms. The van der Waals surface area contributed by atoms with E-state index in [0.29, 0.717) is 5.56 Å². The molecule has 0 aliphatic rings. The Balaban J connectivity index is 1.39. The number of carboxylic acid groups (broad SMARTS) is 1. The van der Waals surface area contributed by atoms with Crippen LogP contribution in [0.3, 0.4) is 0 Å². The number of imide groups is 1. The summed E-state index contributed by atoms with van der Waals surface area (Å²) in [6.45, 7) is 10.1. The number of rotatable bonds is 18. The number of carbonyl (C=O) groups excluding carboxylic acids is 5. The Morgan fingerprint density at radius 1 is 0.635 bits per heavy atom. The SMILES string of the molecule is CC(C)(C)OC(=O)NC(=O)[C@H](CSC(c1ccccc1)(c1ccccc1)c1ccccc1)NC(=O)[C@@H](N)CCCNC(=O)Oc1ccc(C[C@H](NC(=O)OC(C)(C)C)C(=O)O)cc1. The summed E-state index contributed by atoms with van der Waals surface area (Å²) >= 11 is 1.42. The van der Waals surface area contributed by atoms with E-state index in [1.165, 1.54) is 23.9 Å². The molecule has 4 aromatic carbocycles. The van der Waals surface area contributed by atoms with E-state index >= 15 is 0 Å². The fourth-order valence-electron chi connectivity index (χ4n) is 6.30. The minimum atomic E-state index is -1.25. The molecule has 0 radical (unpaired) electrons. The van der Waals surface area contributed by atoms with E-state index in [2.05, 4.69) is 21.3 Å². The van der Waals surface area contributed by atoms with Gasteiger partial charge < -0.3 is 41.0 Å². The van der Waals surface area contributed by atoms with E-state index in [1.807, 2.05) is 91.0 Å². The Kier molecular flexibility index (Phi) is 17.7. The summed E-state index contributed by atoms with van der Waals surface area (Å²) in [6.07, 6.45) is -2.24. The largest absolute Gasteiger partial charge is 0.480 e. The van der Waals surface area contributed by atoms with Gasteiger partial charge in [-0.15, -0.1) is 11.8 Å². The summed E-state index contributed by atoms with van der Waals surface area (Å²) in [7, 11) is 0. The van der Waals surface area contributed by atoms with Gasteiger partial charge in [0, 0.05) is 18.7 Å². The maximum absolute atomic E-state index is 13.8. The summed E-state index contributed by atoms with van der Waals surface area (Å²) in [5.41, 5.74) is 7.99. The highest BCUT2D eigenvalue weighted by Gasteiger charge is 2.39. The van der Waals surface area contributed by atoms with Crippen LogP contribution in [-0.2, 0) is 35.0 Å². The van der Waals surface area contributed by atoms with Gasteiger partial charge in [0.15, 0.2) is 0 Å². The number of ether oxygens (including phenoxy) is 3. The molecule has 3 atom stereocenters. The number of amides is 5. The minimum Gasteiger partial charge on any atom is -0.480 e. The molecule has 0 bridgehead atoms. The number of hydrogen-bond donors (Lipinski definition) is 6. The van der Waals surface area contributed by atoms with Gasteiger partial charge in [-0.3, -0.25) is 14.9 Å². The third kappa shape index (κ3) is 15.8. The van der Waals surface area contributed by atoms with Gasteiger partial charge in [0.2, 0.25) is 5.91 Å². The highest BCUT2D eigenvalue weighted by atomic mass is 32.2. The highest BCUT2D eigenvalue weighted by Crippen LogP contribution is 2.48. The number of aliphatic carboxylic acids is 1. The molecule has 7 N–H and O–H groups in total. The molecule has 16 heteroatoms. The molecule has 5 amide bonds. The van der Waals surface area contributed by atoms with E-state index in [-0.39, 0.29) is 37.3 Å². The molecular weight excluding hydrogens is 827 g/mol. The second-order valence-electron chi connectivity index (χ2n) is 16.6. The van der Waals surface area contributed by atoms with Crippen molar-refractivity contribution < 1.29 is 48.1 Å². The number of hydrogen-bond acceptors (Lipinski definition) is 11. The average Bonchev–Trinajstić information content (AvgIpc) is 3.22. The van der Waals surface area contributed by atoms with Gasteiger partial charge in [0.1, 0.15) is 29.0 Å². The molecule has 0 heterocycles. The van der Waals surface area contributed by atoms with Crippen molar-refractivity contribution in [2.45, 2.75) is 94.9 Å². The average molecular weight is 884 g/mol. The highest BCUT2D eigenvalue weighted by molar-refractivity contribution is 8.00. The molecule has 0 aliphatic carbocycles. The lowest BCUT2D eigenvalue weighted by Gasteiger charge is -2.36. The Labute approximate surface area is 372 Å². The van der Waals surface area contributed by atoms with Crippen LogP contribution in [0.4, 0.5) is 14.4 Å². The van der Waals surface area contributed by atoms with E-state index in [4.69, 9.17) is 19.9 Å². The number of benzene rings is 4. The number of thioether (sulfide) groups is 1. The smallest absolute Gasteiger partial charge is 0.414 e. The number of carboxylic acids is 1. The van der Waals surface area contributed by atoms with Gasteiger partial charge in [-0.2, -0.15) is 0 Å². The molecular formula is C47H57N5O10S. The standard InChI is InChI=1S/C47H57N5O10S/c1-45(2,3)61-43(58)51-37(41(55)56)29-31-24-26-35(27-25-31)60-42(57)49-28-16-23-36(48)39(53)50-38(40(54)52-44(59)62-46(4,5)6)30-63-47(32-17-10-7-11-18-32,33-19-12-8-13-20-33)34-21-14-9-15-22-34/h7-15,17-22,24-27,36-38H,16,23,28-30,48H2,1-6H3,(H,49,57)(H,50,53)(H,51,58)(H,55,56)(H,52,54,59)/t36-,37-,38-/m0/s1. The van der Waals surface area contributed by atoms with Crippen molar-refractivity contribution in [1.29, 1.82) is 0 Å². The van der Waals surface area contributed by atoms with Crippen LogP contribution < -0.4 is 31.7 Å². The normalized spacial score (nSPS) is 13.0. The van der Waals surface area contributed by atoms with E-state index in [0.717, 1.165) is 16.7 Å². The maximum Gasteiger partial charge on any atom is 0.414 e. The van der Waals surface area contributed by atoms with Crippen LogP contribution in [0, 0.1) is 0 Å². The monoisotopic (exact) mass is 883 g/mol. The minimum absolute atomic E-state index is 0.0171. The Hall–Kier alpha value is -6.39. The molecule has 0 saturated carbocycles. The van der Waals surface area contributed by atoms with E-state index in [1.54, 1.807) is 53.7 Å². The van der Waals surface area contributed by atoms with Crippen molar-refractivity contribution in [3.05, 3.63) is 138 Å². The first-order valence-corrected chi connectivity index (χ1v) is 21.4. The van der Waals surface area contributed by atoms with Gasteiger partial charge in [0.25, 0.3) is 5.91 Å². The van der Waals surface area contributed by atoms with E-state index < -0.39 is 70.1 Å². The Morgan fingerprint density at radius 3 is 1.60 bits per heavy atom. The van der Waals surface area contributed by atoms with Gasteiger partial charge in [-0.05, 0) is 88.8 Å². The van der Waals surface area contributed by atoms with E-state index in [9.17, 15) is 33.9 Å². The second-order valence-corrected chi connectivity index (χ2v) is 17.8. The van der Waals surface area contributed by atoms with Gasteiger partial charge in [-0.1, -0.05) is 103 Å². The maximum atomic E-state index is 13.8. The lowest BCUT2D eigenvalue weighted by Crippen LogP contribution is -2.54. The zero-order valence-electron chi connectivity index (χ0n) is 36.3. The Bertz CT molecular complexity index is 2050. The first kappa shape index (κ1) is 49.3. The summed E-state index contributed by atoms with van der Waals surface area (Å²) < 4.78 is 15.0. The molecule has 4 aromatic rings. The fraction of sp³-hybridized carbons (Fsp3) is 0.362. The molecule has 0 fully saturated rings. The van der Waals surface area contributed by atoms with Gasteiger partial charge >= 0.3 is 24.2 Å². The van der Waals surface area contributed by atoms with Crippen LogP contribution in [0.5, 0.6) is 5.75 Å². The lowest BCUT2D eigenvalue weighted by molar-refractivity contribution is -0.139. The van der Waals surface area contributed by atoms with Crippen LogP contribution >= 0.6 is 11.8 Å². The second kappa shape index (κ2) is 22.6. The summed E-state index contributed by atoms with van der Waals surface area (Å²) in [5, 5.41) is 19.6. The number of nitrogens with two attached hydrogens (primary N) is 1. The molecule has 0 aliphatic heterocycles. The molecule has 4 rings (SSSR count). The first-order valence-electron chi connectivity index (χ1n) is 20.4. The van der Waals surface area contributed by atoms with Crippen LogP contribution in [0.2, 0.25) is 0 Å². The summed E-state index contributed by atoms with van der Waals surface area (Å²) in [5.74, 6) is -2.46. The van der Waals surface area contributed by atoms with Crippen LogP contribution in [-0.4, -0.2) is 82.8 Å². The van der Waals surface area contributed by atoms with Crippen molar-refractivity contribution in [2.24, 2.45) is 5.73 Å². The molecule has 336 valence electrons. The van der Waals surface area contributed by atoms with Crippen LogP contribution in [0.15, 0.2) is 115 Å². The fourth-order valence-corrected chi connectivity index (χ4v) is 7.86. The molecule has 0 unspecified atom stereocenters. The predicted molar refractivity (Wildman–Crippen MR) is 240 cm³/mol. The molecule has 15 nitrogen and oxygen atoms in total. The number of nitrogens with one attached hydrogen (secondary N) is 4. The quantitative estimate of drug-likeness (QED) is 0.0456. The summed E-state index contributed by atoms with van der Waals surface area (Å²) in [4.78, 5) is 76.6. The molecule has 63 heavy (non-hydrogen) atoms. The third-order valence-corrected chi connectivity index (χ3v) is 10.8.